The second kappa shape index (κ2) is 9.58. The third-order valence-corrected chi connectivity index (χ3v) is 5.55. The maximum absolute atomic E-state index is 14.8. The molecule has 4 rings (SSSR count). The highest BCUT2D eigenvalue weighted by molar-refractivity contribution is 5.83. The molecule has 0 saturated carbocycles. The van der Waals surface area contributed by atoms with Crippen LogP contribution in [-0.4, -0.2) is 20.5 Å². The Hall–Kier alpha value is -4.20. The summed E-state index contributed by atoms with van der Waals surface area (Å²) < 4.78 is 22.3. The van der Waals surface area contributed by atoms with Crippen LogP contribution in [0.2, 0.25) is 0 Å². The Bertz CT molecular complexity index is 1360. The first-order valence-electron chi connectivity index (χ1n) is 11.2. The Labute approximate surface area is 203 Å². The number of nitrogens with zero attached hydrogens (tertiary/aromatic N) is 3. The number of rotatable bonds is 7. The molecule has 7 nitrogen and oxygen atoms in total. The summed E-state index contributed by atoms with van der Waals surface area (Å²) >= 11 is 0. The molecule has 2 aromatic heterocycles. The Kier molecular flexibility index (Phi) is 6.55. The van der Waals surface area contributed by atoms with E-state index in [1.54, 1.807) is 22.9 Å². The maximum atomic E-state index is 14.8. The number of aromatic nitrogens is 3. The van der Waals surface area contributed by atoms with Gasteiger partial charge in [-0.1, -0.05) is 45.0 Å². The highest BCUT2D eigenvalue weighted by atomic mass is 19.1. The average molecular weight is 474 g/mol. The van der Waals surface area contributed by atoms with Gasteiger partial charge in [-0.2, -0.15) is 5.10 Å². The fraction of sp³-hybridized carbons (Fsp3) is 0.222. The summed E-state index contributed by atoms with van der Waals surface area (Å²) in [6.45, 7) is 6.22. The van der Waals surface area contributed by atoms with E-state index in [1.807, 2.05) is 36.4 Å². The normalized spacial score (nSPS) is 11.4. The second-order valence-electron chi connectivity index (χ2n) is 9.37. The van der Waals surface area contributed by atoms with Crippen molar-refractivity contribution in [2.75, 3.05) is 11.5 Å². The van der Waals surface area contributed by atoms with Crippen LogP contribution in [0.15, 0.2) is 66.9 Å². The summed E-state index contributed by atoms with van der Waals surface area (Å²) in [6, 6.07) is 17.5. The monoisotopic (exact) mass is 473 g/mol. The van der Waals surface area contributed by atoms with E-state index in [0.717, 1.165) is 17.1 Å². The van der Waals surface area contributed by atoms with Crippen molar-refractivity contribution in [3.8, 4) is 17.2 Å². The van der Waals surface area contributed by atoms with Crippen molar-refractivity contribution in [3.63, 3.8) is 0 Å². The number of benzene rings is 2. The Morgan fingerprint density at radius 1 is 1.03 bits per heavy atom. The summed E-state index contributed by atoms with van der Waals surface area (Å²) in [6.07, 6.45) is 1.53. The molecule has 4 aromatic rings. The van der Waals surface area contributed by atoms with Crippen LogP contribution in [0.1, 0.15) is 37.7 Å². The van der Waals surface area contributed by atoms with E-state index < -0.39 is 5.82 Å². The molecule has 2 heterocycles. The fourth-order valence-electron chi connectivity index (χ4n) is 3.60. The van der Waals surface area contributed by atoms with Crippen molar-refractivity contribution in [1.82, 2.24) is 14.8 Å². The standard InChI is InChI=1S/C27H28FN5O2/c1-27(2,3)24-15-19(33(32-24)18-7-5-4-6-8-18)14-20(34)13-17-9-10-21(16-22(17)28)35-23-11-12-31-26(30)25(23)29/h4-12,15-16H,13-14,29H2,1-3H3,(H2,30,31). The molecule has 8 heteroatoms. The van der Waals surface area contributed by atoms with E-state index in [9.17, 15) is 9.18 Å². The maximum Gasteiger partial charge on any atom is 0.155 e. The molecule has 180 valence electrons. The first-order valence-corrected chi connectivity index (χ1v) is 11.2. The Balaban J connectivity index is 1.52. The highest BCUT2D eigenvalue weighted by Crippen LogP contribution is 2.31. The van der Waals surface area contributed by atoms with Crippen LogP contribution in [0.25, 0.3) is 5.69 Å². The predicted octanol–water partition coefficient (Wildman–Crippen LogP) is 5.01. The molecule has 2 aromatic carbocycles. The molecular formula is C27H28FN5O2. The van der Waals surface area contributed by atoms with Gasteiger partial charge in [-0.25, -0.2) is 14.1 Å². The number of anilines is 2. The SMILES string of the molecule is CC(C)(C)c1cc(CC(=O)Cc2ccc(Oc3ccnc(N)c3N)cc2F)n(-c2ccccc2)n1. The summed E-state index contributed by atoms with van der Waals surface area (Å²) in [5.41, 5.74) is 14.3. The lowest BCUT2D eigenvalue weighted by molar-refractivity contribution is -0.117. The minimum atomic E-state index is -0.539. The number of ketones is 1. The average Bonchev–Trinajstić information content (AvgIpc) is 3.23. The zero-order chi connectivity index (χ0) is 25.2. The Morgan fingerprint density at radius 3 is 2.46 bits per heavy atom. The number of halogens is 1. The molecule has 4 N–H and O–H groups in total. The van der Waals surface area contributed by atoms with Crippen molar-refractivity contribution in [2.45, 2.75) is 39.0 Å². The number of nitrogen functional groups attached to an aromatic ring is 2. The lowest BCUT2D eigenvalue weighted by atomic mass is 9.92. The van der Waals surface area contributed by atoms with E-state index >= 15 is 0 Å². The second-order valence-corrected chi connectivity index (χ2v) is 9.37. The molecule has 0 radical (unpaired) electrons. The number of hydrogen-bond donors (Lipinski definition) is 2. The first-order chi connectivity index (χ1) is 16.6. The quantitative estimate of drug-likeness (QED) is 0.390. The van der Waals surface area contributed by atoms with Crippen LogP contribution in [0, 0.1) is 5.82 Å². The molecule has 0 fully saturated rings. The van der Waals surface area contributed by atoms with Gasteiger partial charge >= 0.3 is 0 Å². The van der Waals surface area contributed by atoms with Crippen LogP contribution < -0.4 is 16.2 Å². The number of pyridine rings is 1. The van der Waals surface area contributed by atoms with E-state index in [1.165, 1.54) is 12.3 Å². The van der Waals surface area contributed by atoms with Gasteiger partial charge in [0.25, 0.3) is 0 Å². The number of para-hydroxylation sites is 1. The molecule has 0 aliphatic rings. The van der Waals surface area contributed by atoms with Crippen LogP contribution in [-0.2, 0) is 23.1 Å². The lowest BCUT2D eigenvalue weighted by Gasteiger charge is -2.14. The zero-order valence-electron chi connectivity index (χ0n) is 20.0. The van der Waals surface area contributed by atoms with Gasteiger partial charge in [-0.05, 0) is 29.8 Å². The highest BCUT2D eigenvalue weighted by Gasteiger charge is 2.22. The van der Waals surface area contributed by atoms with Crippen molar-refractivity contribution >= 4 is 17.3 Å². The van der Waals surface area contributed by atoms with Crippen molar-refractivity contribution in [2.24, 2.45) is 0 Å². The molecule has 0 spiro atoms. The van der Waals surface area contributed by atoms with Gasteiger partial charge in [0.15, 0.2) is 5.75 Å². The fourth-order valence-corrected chi connectivity index (χ4v) is 3.60. The molecular weight excluding hydrogens is 445 g/mol. The van der Waals surface area contributed by atoms with Crippen LogP contribution in [0.5, 0.6) is 11.5 Å². The summed E-state index contributed by atoms with van der Waals surface area (Å²) in [7, 11) is 0. The molecule has 0 bridgehead atoms. The largest absolute Gasteiger partial charge is 0.455 e. The molecule has 0 unspecified atom stereocenters. The summed E-state index contributed by atoms with van der Waals surface area (Å²) in [5, 5.41) is 4.74. The molecule has 0 aliphatic carbocycles. The van der Waals surface area contributed by atoms with Crippen LogP contribution in [0.4, 0.5) is 15.9 Å². The minimum absolute atomic E-state index is 0.0543. The van der Waals surface area contributed by atoms with E-state index in [-0.39, 0.29) is 52.6 Å². The number of carbonyl (C=O) groups is 1. The molecule has 0 atom stereocenters. The van der Waals surface area contributed by atoms with E-state index in [4.69, 9.17) is 21.3 Å². The number of carbonyl (C=O) groups excluding carboxylic acids is 1. The minimum Gasteiger partial charge on any atom is -0.455 e. The Morgan fingerprint density at radius 2 is 1.77 bits per heavy atom. The van der Waals surface area contributed by atoms with Crippen LogP contribution >= 0.6 is 0 Å². The van der Waals surface area contributed by atoms with E-state index in [0.29, 0.717) is 0 Å². The first kappa shape index (κ1) is 23.9. The number of ether oxygens (including phenoxy) is 1. The number of hydrogen-bond acceptors (Lipinski definition) is 6. The lowest BCUT2D eigenvalue weighted by Crippen LogP contribution is -2.13. The predicted molar refractivity (Wildman–Crippen MR) is 134 cm³/mol. The van der Waals surface area contributed by atoms with E-state index in [2.05, 4.69) is 25.8 Å². The number of Topliss-reactive ketones (excluding diaryl/α,β-unsaturated/α-hetero) is 1. The molecule has 35 heavy (non-hydrogen) atoms. The van der Waals surface area contributed by atoms with Crippen molar-refractivity contribution in [3.05, 3.63) is 89.6 Å². The third kappa shape index (κ3) is 5.48. The summed E-state index contributed by atoms with van der Waals surface area (Å²) in [5.74, 6) is -0.00303. The molecule has 0 aliphatic heterocycles. The van der Waals surface area contributed by atoms with Crippen molar-refractivity contribution < 1.29 is 13.9 Å². The van der Waals surface area contributed by atoms with Gasteiger partial charge in [-0.3, -0.25) is 4.79 Å². The molecule has 0 saturated heterocycles. The van der Waals surface area contributed by atoms with Crippen LogP contribution in [0.3, 0.4) is 0 Å². The van der Waals surface area contributed by atoms with Gasteiger partial charge in [0.1, 0.15) is 28.9 Å². The van der Waals surface area contributed by atoms with Gasteiger partial charge in [0.05, 0.1) is 17.1 Å². The third-order valence-electron chi connectivity index (χ3n) is 5.55. The smallest absolute Gasteiger partial charge is 0.155 e. The molecule has 0 amide bonds. The topological polar surface area (TPSA) is 109 Å². The van der Waals surface area contributed by atoms with Gasteiger partial charge in [-0.15, -0.1) is 0 Å². The summed E-state index contributed by atoms with van der Waals surface area (Å²) in [4.78, 5) is 16.8. The number of nitrogens with two attached hydrogens (primary N) is 2. The van der Waals surface area contributed by atoms with Gasteiger partial charge in [0, 0.05) is 36.6 Å². The van der Waals surface area contributed by atoms with Crippen molar-refractivity contribution in [1.29, 1.82) is 0 Å². The van der Waals surface area contributed by atoms with Gasteiger partial charge < -0.3 is 16.2 Å². The zero-order valence-corrected chi connectivity index (χ0v) is 20.0. The van der Waals surface area contributed by atoms with Gasteiger partial charge in [0.2, 0.25) is 0 Å².